The molecule has 1 fully saturated rings. The Kier molecular flexibility index (Phi) is 5.08. The lowest BCUT2D eigenvalue weighted by atomic mass is 10.0. The minimum absolute atomic E-state index is 0.165. The van der Waals surface area contributed by atoms with Gasteiger partial charge in [0.15, 0.2) is 0 Å². The van der Waals surface area contributed by atoms with Gasteiger partial charge in [0.25, 0.3) is 21.9 Å². The Hall–Kier alpha value is -3.55. The summed E-state index contributed by atoms with van der Waals surface area (Å²) in [6.45, 7) is 1.58. The van der Waals surface area contributed by atoms with Gasteiger partial charge in [0.2, 0.25) is 6.04 Å². The van der Waals surface area contributed by atoms with Crippen LogP contribution in [0.1, 0.15) is 5.56 Å². The number of barbiturate groups is 1. The van der Waals surface area contributed by atoms with Gasteiger partial charge in [-0.05, 0) is 36.2 Å². The highest BCUT2D eigenvalue weighted by Crippen LogP contribution is 2.37. The van der Waals surface area contributed by atoms with Crippen molar-refractivity contribution in [2.45, 2.75) is 17.9 Å². The lowest BCUT2D eigenvalue weighted by Gasteiger charge is -2.16. The van der Waals surface area contributed by atoms with E-state index < -0.39 is 34.0 Å². The molecule has 158 valence electrons. The number of aryl methyl sites for hydroxylation is 1. The molecule has 0 unspecified atom stereocenters. The zero-order valence-electron chi connectivity index (χ0n) is 15.7. The fourth-order valence-corrected chi connectivity index (χ4v) is 5.18. The summed E-state index contributed by atoms with van der Waals surface area (Å²) >= 11 is 1.11. The van der Waals surface area contributed by atoms with Crippen LogP contribution in [0.15, 0.2) is 51.0 Å². The van der Waals surface area contributed by atoms with E-state index in [4.69, 9.17) is 0 Å². The third-order valence-electron chi connectivity index (χ3n) is 4.44. The Morgan fingerprint density at radius 3 is 2.35 bits per heavy atom. The molecular weight excluding hydrogens is 446 g/mol. The number of nitrogens with one attached hydrogen (secondary N) is 2. The SMILES string of the molecule is Cc1cc(-c2ccc(N=NC3C(=O)NC(=O)NC3=O)cc2)c2ncsc2c1S(=O)(=O)O. The second-order valence-electron chi connectivity index (χ2n) is 6.55. The van der Waals surface area contributed by atoms with Gasteiger partial charge in [0.05, 0.1) is 21.4 Å². The molecule has 31 heavy (non-hydrogen) atoms. The average Bonchev–Trinajstić information content (AvgIpc) is 3.15. The molecule has 3 aromatic rings. The zero-order chi connectivity index (χ0) is 22.3. The molecule has 13 heteroatoms. The Labute approximate surface area is 179 Å². The van der Waals surface area contributed by atoms with Crippen molar-refractivity contribution in [1.29, 1.82) is 0 Å². The number of aromatic nitrogens is 1. The summed E-state index contributed by atoms with van der Waals surface area (Å²) in [7, 11) is -4.41. The third kappa shape index (κ3) is 3.93. The molecule has 4 rings (SSSR count). The van der Waals surface area contributed by atoms with Crippen molar-refractivity contribution in [3.05, 3.63) is 41.4 Å². The van der Waals surface area contributed by atoms with Crippen molar-refractivity contribution >= 4 is 55.2 Å². The highest BCUT2D eigenvalue weighted by Gasteiger charge is 2.34. The largest absolute Gasteiger partial charge is 0.328 e. The van der Waals surface area contributed by atoms with Gasteiger partial charge in [-0.3, -0.25) is 24.8 Å². The molecule has 3 N–H and O–H groups in total. The fourth-order valence-electron chi connectivity index (χ4n) is 3.12. The van der Waals surface area contributed by atoms with Gasteiger partial charge in [-0.25, -0.2) is 9.78 Å². The van der Waals surface area contributed by atoms with Crippen molar-refractivity contribution in [2.75, 3.05) is 0 Å². The summed E-state index contributed by atoms with van der Waals surface area (Å²) < 4.78 is 33.4. The number of carbonyl (C=O) groups excluding carboxylic acids is 3. The molecule has 0 spiro atoms. The highest BCUT2D eigenvalue weighted by atomic mass is 32.2. The maximum Gasteiger partial charge on any atom is 0.328 e. The number of benzene rings is 2. The van der Waals surface area contributed by atoms with Crippen LogP contribution in [-0.2, 0) is 19.7 Å². The van der Waals surface area contributed by atoms with Crippen LogP contribution < -0.4 is 10.6 Å². The Morgan fingerprint density at radius 1 is 1.10 bits per heavy atom. The molecule has 0 radical (unpaired) electrons. The van der Waals surface area contributed by atoms with E-state index in [0.717, 1.165) is 11.3 Å². The minimum atomic E-state index is -4.41. The minimum Gasteiger partial charge on any atom is -0.282 e. The van der Waals surface area contributed by atoms with E-state index in [9.17, 15) is 27.4 Å². The van der Waals surface area contributed by atoms with Crippen LogP contribution in [0, 0.1) is 6.92 Å². The van der Waals surface area contributed by atoms with Crippen LogP contribution in [0.5, 0.6) is 0 Å². The molecule has 2 heterocycles. The fraction of sp³-hybridized carbons (Fsp3) is 0.111. The first kappa shape index (κ1) is 20.7. The van der Waals surface area contributed by atoms with Crippen molar-refractivity contribution in [3.8, 4) is 11.1 Å². The number of fused-ring (bicyclic) bond motifs is 1. The molecule has 1 aliphatic heterocycles. The number of thiazole rings is 1. The second kappa shape index (κ2) is 7.61. The van der Waals surface area contributed by atoms with Gasteiger partial charge >= 0.3 is 6.03 Å². The predicted molar refractivity (Wildman–Crippen MR) is 110 cm³/mol. The number of amides is 4. The van der Waals surface area contributed by atoms with E-state index >= 15 is 0 Å². The first-order valence-electron chi connectivity index (χ1n) is 8.66. The molecule has 1 aliphatic rings. The maximum absolute atomic E-state index is 11.8. The third-order valence-corrected chi connectivity index (χ3v) is 6.46. The molecule has 11 nitrogen and oxygen atoms in total. The predicted octanol–water partition coefficient (Wildman–Crippen LogP) is 2.34. The Bertz CT molecular complexity index is 1360. The smallest absolute Gasteiger partial charge is 0.282 e. The normalized spacial score (nSPS) is 15.5. The molecule has 1 aromatic heterocycles. The van der Waals surface area contributed by atoms with E-state index in [-0.39, 0.29) is 4.90 Å². The molecule has 0 saturated carbocycles. The zero-order valence-corrected chi connectivity index (χ0v) is 17.3. The van der Waals surface area contributed by atoms with Gasteiger partial charge < -0.3 is 0 Å². The molecular formula is C18H13N5O6S2. The first-order valence-corrected chi connectivity index (χ1v) is 11.0. The lowest BCUT2D eigenvalue weighted by molar-refractivity contribution is -0.131. The van der Waals surface area contributed by atoms with Gasteiger partial charge in [-0.2, -0.15) is 18.6 Å². The van der Waals surface area contributed by atoms with Crippen molar-refractivity contribution < 1.29 is 27.4 Å². The number of urea groups is 1. The second-order valence-corrected chi connectivity index (χ2v) is 8.76. The van der Waals surface area contributed by atoms with E-state index in [1.807, 2.05) is 10.6 Å². The van der Waals surface area contributed by atoms with Crippen LogP contribution >= 0.6 is 11.3 Å². The Balaban J connectivity index is 1.66. The summed E-state index contributed by atoms with van der Waals surface area (Å²) in [6.07, 6.45) is 0. The Morgan fingerprint density at radius 2 is 1.74 bits per heavy atom. The first-order chi connectivity index (χ1) is 14.6. The summed E-state index contributed by atoms with van der Waals surface area (Å²) in [4.78, 5) is 38.5. The van der Waals surface area contributed by atoms with Gasteiger partial charge in [-0.1, -0.05) is 12.1 Å². The molecule has 0 atom stereocenters. The van der Waals surface area contributed by atoms with E-state index in [1.165, 1.54) is 5.51 Å². The van der Waals surface area contributed by atoms with Crippen molar-refractivity contribution in [1.82, 2.24) is 15.6 Å². The topological polar surface area (TPSA) is 167 Å². The maximum atomic E-state index is 11.8. The number of rotatable bonds is 4. The van der Waals surface area contributed by atoms with Gasteiger partial charge in [0.1, 0.15) is 4.90 Å². The molecule has 1 saturated heterocycles. The van der Waals surface area contributed by atoms with Crippen LogP contribution in [0.25, 0.3) is 21.3 Å². The summed E-state index contributed by atoms with van der Waals surface area (Å²) in [5.41, 5.74) is 4.02. The standard InChI is InChI=1S/C18H13N5O6S2/c1-8-6-11(12-14(30-7-19-12)15(8)31(27,28)29)9-2-4-10(5-3-9)22-23-13-16(24)20-18(26)21-17(13)25/h2-7,13H,1H3,(H,27,28,29)(H2,20,21,24,25,26). The number of imide groups is 2. The monoisotopic (exact) mass is 459 g/mol. The van der Waals surface area contributed by atoms with E-state index in [0.29, 0.717) is 32.6 Å². The summed E-state index contributed by atoms with van der Waals surface area (Å²) in [6, 6.07) is 5.81. The quantitative estimate of drug-likeness (QED) is 0.306. The number of carbonyl (C=O) groups is 3. The number of hydrogen-bond acceptors (Lipinski definition) is 9. The number of azo groups is 1. The molecule has 2 aromatic carbocycles. The van der Waals surface area contributed by atoms with Gasteiger partial charge in [-0.15, -0.1) is 11.3 Å². The van der Waals surface area contributed by atoms with E-state index in [2.05, 4.69) is 15.2 Å². The van der Waals surface area contributed by atoms with Crippen LogP contribution in [-0.4, -0.2) is 41.8 Å². The lowest BCUT2D eigenvalue weighted by Crippen LogP contribution is -2.57. The van der Waals surface area contributed by atoms with Crippen molar-refractivity contribution in [2.24, 2.45) is 10.2 Å². The molecule has 0 bridgehead atoms. The van der Waals surface area contributed by atoms with E-state index in [1.54, 1.807) is 37.3 Å². The summed E-state index contributed by atoms with van der Waals surface area (Å²) in [5.74, 6) is -1.73. The van der Waals surface area contributed by atoms with Crippen LogP contribution in [0.4, 0.5) is 10.5 Å². The van der Waals surface area contributed by atoms with Crippen LogP contribution in [0.2, 0.25) is 0 Å². The van der Waals surface area contributed by atoms with Gasteiger partial charge in [0, 0.05) is 5.56 Å². The molecule has 0 aliphatic carbocycles. The summed E-state index contributed by atoms with van der Waals surface area (Å²) in [5, 5.41) is 11.4. The number of hydrogen-bond donors (Lipinski definition) is 3. The highest BCUT2D eigenvalue weighted by molar-refractivity contribution is 7.86. The number of nitrogens with zero attached hydrogens (tertiary/aromatic N) is 3. The van der Waals surface area contributed by atoms with Crippen LogP contribution in [0.3, 0.4) is 0 Å². The molecule has 4 amide bonds. The average molecular weight is 459 g/mol. The van der Waals surface area contributed by atoms with Crippen molar-refractivity contribution in [3.63, 3.8) is 0 Å².